The van der Waals surface area contributed by atoms with Gasteiger partial charge in [-0.1, -0.05) is 36.4 Å². The van der Waals surface area contributed by atoms with Crippen molar-refractivity contribution in [2.24, 2.45) is 5.92 Å². The minimum Gasteiger partial charge on any atom is -0.339 e. The quantitative estimate of drug-likeness (QED) is 0.653. The van der Waals surface area contributed by atoms with Gasteiger partial charge in [0.05, 0.1) is 5.75 Å². The highest BCUT2D eigenvalue weighted by atomic mass is 32.2. The van der Waals surface area contributed by atoms with Gasteiger partial charge in [-0.3, -0.25) is 9.59 Å². The molecule has 2 aromatic rings. The molecule has 2 aliphatic rings. The molecule has 4 rings (SSSR count). The van der Waals surface area contributed by atoms with Gasteiger partial charge in [-0.15, -0.1) is 11.8 Å². The molecule has 2 atom stereocenters. The fraction of sp³-hybridized carbons (Fsp3) is 0.440. The molecule has 5 heteroatoms. The molecule has 0 bridgehead atoms. The van der Waals surface area contributed by atoms with Gasteiger partial charge in [0, 0.05) is 37.5 Å². The van der Waals surface area contributed by atoms with Crippen LogP contribution in [-0.4, -0.2) is 53.5 Å². The van der Waals surface area contributed by atoms with Gasteiger partial charge in [-0.25, -0.2) is 0 Å². The first-order valence-electron chi connectivity index (χ1n) is 10.8. The van der Waals surface area contributed by atoms with Gasteiger partial charge in [0.15, 0.2) is 0 Å². The SMILES string of the molecule is Cc1ccc(SCC(=O)N2CCN(C(=O)C[C@@H]3C[C@H]3c3ccccc3)CC2)cc1C. The number of aryl methyl sites for hydroxylation is 2. The number of amides is 2. The molecular weight excluding hydrogens is 392 g/mol. The molecule has 1 aliphatic heterocycles. The summed E-state index contributed by atoms with van der Waals surface area (Å²) in [5, 5.41) is 0. The third-order valence-corrected chi connectivity index (χ3v) is 7.39. The number of carbonyl (C=O) groups is 2. The van der Waals surface area contributed by atoms with Crippen LogP contribution in [0.2, 0.25) is 0 Å². The summed E-state index contributed by atoms with van der Waals surface area (Å²) in [6.45, 7) is 6.79. The van der Waals surface area contributed by atoms with E-state index in [1.165, 1.54) is 16.7 Å². The minimum absolute atomic E-state index is 0.164. The lowest BCUT2D eigenvalue weighted by Gasteiger charge is -2.35. The Morgan fingerprint density at radius 1 is 0.900 bits per heavy atom. The van der Waals surface area contributed by atoms with Crippen LogP contribution in [0.25, 0.3) is 0 Å². The van der Waals surface area contributed by atoms with Gasteiger partial charge >= 0.3 is 0 Å². The number of nitrogens with zero attached hydrogens (tertiary/aromatic N) is 2. The van der Waals surface area contributed by atoms with Crippen molar-refractivity contribution < 1.29 is 9.59 Å². The highest BCUT2D eigenvalue weighted by molar-refractivity contribution is 8.00. The monoisotopic (exact) mass is 422 g/mol. The van der Waals surface area contributed by atoms with Gasteiger partial charge in [-0.05, 0) is 60.9 Å². The Hall–Kier alpha value is -2.27. The van der Waals surface area contributed by atoms with Gasteiger partial charge in [-0.2, -0.15) is 0 Å². The largest absolute Gasteiger partial charge is 0.339 e. The Balaban J connectivity index is 1.19. The van der Waals surface area contributed by atoms with Crippen LogP contribution in [-0.2, 0) is 9.59 Å². The van der Waals surface area contributed by atoms with E-state index >= 15 is 0 Å². The maximum absolute atomic E-state index is 12.7. The zero-order valence-electron chi connectivity index (χ0n) is 17.8. The number of hydrogen-bond donors (Lipinski definition) is 0. The zero-order chi connectivity index (χ0) is 21.1. The molecule has 2 aromatic carbocycles. The van der Waals surface area contributed by atoms with E-state index in [1.54, 1.807) is 11.8 Å². The number of hydrogen-bond acceptors (Lipinski definition) is 3. The van der Waals surface area contributed by atoms with Gasteiger partial charge < -0.3 is 9.80 Å². The van der Waals surface area contributed by atoms with Crippen molar-refractivity contribution >= 4 is 23.6 Å². The Kier molecular flexibility index (Phi) is 6.47. The summed E-state index contributed by atoms with van der Waals surface area (Å²) >= 11 is 1.60. The van der Waals surface area contributed by atoms with E-state index < -0.39 is 0 Å². The number of rotatable bonds is 6. The van der Waals surface area contributed by atoms with Crippen LogP contribution in [0.15, 0.2) is 53.4 Å². The van der Waals surface area contributed by atoms with Gasteiger partial charge in [0.2, 0.25) is 11.8 Å². The first kappa shape index (κ1) is 21.0. The summed E-state index contributed by atoms with van der Waals surface area (Å²) in [5.74, 6) is 1.89. The molecule has 0 radical (unpaired) electrons. The summed E-state index contributed by atoms with van der Waals surface area (Å²) in [4.78, 5) is 30.3. The van der Waals surface area contributed by atoms with Crippen LogP contribution in [0.4, 0.5) is 0 Å². The van der Waals surface area contributed by atoms with E-state index in [0.29, 0.717) is 50.2 Å². The first-order chi connectivity index (χ1) is 14.5. The third kappa shape index (κ3) is 5.07. The van der Waals surface area contributed by atoms with E-state index in [0.717, 1.165) is 11.3 Å². The Morgan fingerprint density at radius 3 is 2.23 bits per heavy atom. The van der Waals surface area contributed by atoms with E-state index in [2.05, 4.69) is 56.3 Å². The second-order valence-electron chi connectivity index (χ2n) is 8.51. The van der Waals surface area contributed by atoms with Crippen molar-refractivity contribution in [3.63, 3.8) is 0 Å². The molecule has 0 spiro atoms. The van der Waals surface area contributed by atoms with Crippen molar-refractivity contribution in [1.82, 2.24) is 9.80 Å². The topological polar surface area (TPSA) is 40.6 Å². The maximum Gasteiger partial charge on any atom is 0.233 e. The Bertz CT molecular complexity index is 907. The lowest BCUT2D eigenvalue weighted by atomic mass is 10.1. The van der Waals surface area contributed by atoms with Crippen LogP contribution < -0.4 is 0 Å². The van der Waals surface area contributed by atoms with Gasteiger partial charge in [0.1, 0.15) is 0 Å². The van der Waals surface area contributed by atoms with Crippen molar-refractivity contribution in [3.8, 4) is 0 Å². The summed E-state index contributed by atoms with van der Waals surface area (Å²) in [5.41, 5.74) is 3.88. The molecule has 30 heavy (non-hydrogen) atoms. The molecule has 158 valence electrons. The normalized spacial score (nSPS) is 20.9. The molecule has 1 saturated heterocycles. The molecule has 0 aromatic heterocycles. The van der Waals surface area contributed by atoms with Crippen molar-refractivity contribution in [3.05, 3.63) is 65.2 Å². The van der Waals surface area contributed by atoms with E-state index in [4.69, 9.17) is 0 Å². The molecule has 1 aliphatic carbocycles. The third-order valence-electron chi connectivity index (χ3n) is 6.41. The lowest BCUT2D eigenvalue weighted by Crippen LogP contribution is -2.51. The van der Waals surface area contributed by atoms with Crippen molar-refractivity contribution in [2.75, 3.05) is 31.9 Å². The second-order valence-corrected chi connectivity index (χ2v) is 9.56. The van der Waals surface area contributed by atoms with E-state index in [9.17, 15) is 9.59 Å². The number of thioether (sulfide) groups is 1. The van der Waals surface area contributed by atoms with Crippen LogP contribution >= 0.6 is 11.8 Å². The molecule has 2 amide bonds. The first-order valence-corrected chi connectivity index (χ1v) is 11.8. The van der Waals surface area contributed by atoms with Crippen LogP contribution in [0.1, 0.15) is 35.4 Å². The molecule has 0 N–H and O–H groups in total. The molecule has 2 fully saturated rings. The predicted molar refractivity (Wildman–Crippen MR) is 122 cm³/mol. The van der Waals surface area contributed by atoms with Crippen LogP contribution in [0.5, 0.6) is 0 Å². The summed E-state index contributed by atoms with van der Waals surface area (Å²) < 4.78 is 0. The number of benzene rings is 2. The second kappa shape index (κ2) is 9.25. The van der Waals surface area contributed by atoms with Crippen LogP contribution in [0.3, 0.4) is 0 Å². The molecule has 1 heterocycles. The Labute approximate surface area is 183 Å². The fourth-order valence-electron chi connectivity index (χ4n) is 4.18. The lowest BCUT2D eigenvalue weighted by molar-refractivity contribution is -0.138. The molecule has 4 nitrogen and oxygen atoms in total. The van der Waals surface area contributed by atoms with Gasteiger partial charge in [0.25, 0.3) is 0 Å². The summed E-state index contributed by atoms with van der Waals surface area (Å²) in [6, 6.07) is 16.8. The predicted octanol–water partition coefficient (Wildman–Crippen LogP) is 4.26. The zero-order valence-corrected chi connectivity index (χ0v) is 18.7. The number of piperazine rings is 1. The highest BCUT2D eigenvalue weighted by Gasteiger charge is 2.40. The molecule has 0 unspecified atom stereocenters. The summed E-state index contributed by atoms with van der Waals surface area (Å²) in [6.07, 6.45) is 1.75. The van der Waals surface area contributed by atoms with Crippen molar-refractivity contribution in [2.45, 2.75) is 37.5 Å². The average Bonchev–Trinajstić information content (AvgIpc) is 3.54. The van der Waals surface area contributed by atoms with Crippen molar-refractivity contribution in [1.29, 1.82) is 0 Å². The van der Waals surface area contributed by atoms with Crippen LogP contribution in [0, 0.1) is 19.8 Å². The smallest absolute Gasteiger partial charge is 0.233 e. The molecule has 1 saturated carbocycles. The standard InChI is InChI=1S/C25H30N2O2S/c1-18-8-9-22(14-19(18)2)30-17-25(29)27-12-10-26(11-13-27)24(28)16-21-15-23(21)20-6-4-3-5-7-20/h3-9,14,21,23H,10-13,15-17H2,1-2H3/t21-,23-/m0/s1. The molecular formula is C25H30N2O2S. The summed E-state index contributed by atoms with van der Waals surface area (Å²) in [7, 11) is 0. The number of carbonyl (C=O) groups excluding carboxylic acids is 2. The van der Waals surface area contributed by atoms with E-state index in [-0.39, 0.29) is 11.8 Å². The highest BCUT2D eigenvalue weighted by Crippen LogP contribution is 2.49. The Morgan fingerprint density at radius 2 is 1.57 bits per heavy atom. The minimum atomic E-state index is 0.164. The van der Waals surface area contributed by atoms with E-state index in [1.807, 2.05) is 15.9 Å². The average molecular weight is 423 g/mol. The maximum atomic E-state index is 12.7. The fourth-order valence-corrected chi connectivity index (χ4v) is 5.08.